The average molecular weight is 399 g/mol. The number of piperidine rings is 1. The van der Waals surface area contributed by atoms with Gasteiger partial charge < -0.3 is 15.0 Å². The molecule has 7 heteroatoms. The average Bonchev–Trinajstić information content (AvgIpc) is 2.99. The van der Waals surface area contributed by atoms with Crippen LogP contribution in [0.1, 0.15) is 45.0 Å². The molecule has 2 amide bonds. The number of carbonyl (C=O) groups excluding carboxylic acids is 2. The van der Waals surface area contributed by atoms with Gasteiger partial charge in [0.1, 0.15) is 5.60 Å². The first-order valence-corrected chi connectivity index (χ1v) is 10.0. The van der Waals surface area contributed by atoms with Crippen molar-refractivity contribution in [2.24, 2.45) is 5.92 Å². The van der Waals surface area contributed by atoms with Gasteiger partial charge in [0.25, 0.3) is 0 Å². The van der Waals surface area contributed by atoms with Crippen LogP contribution in [0.15, 0.2) is 30.3 Å². The van der Waals surface area contributed by atoms with Gasteiger partial charge in [0.2, 0.25) is 5.91 Å². The summed E-state index contributed by atoms with van der Waals surface area (Å²) in [6.45, 7) is 10.5. The Morgan fingerprint density at radius 1 is 1.21 bits per heavy atom. The summed E-state index contributed by atoms with van der Waals surface area (Å²) < 4.78 is 7.30. The second-order valence-corrected chi connectivity index (χ2v) is 8.64. The minimum absolute atomic E-state index is 0.0798. The molecule has 1 aliphatic rings. The number of aryl methyl sites for hydroxylation is 2. The fourth-order valence-corrected chi connectivity index (χ4v) is 3.53. The summed E-state index contributed by atoms with van der Waals surface area (Å²) in [5.74, 6) is -0.336. The number of carbonyl (C=O) groups is 2. The summed E-state index contributed by atoms with van der Waals surface area (Å²) in [5, 5.41) is 7.49. The third-order valence-corrected chi connectivity index (χ3v) is 4.81. The Bertz CT molecular complexity index is 898. The number of rotatable bonds is 3. The Morgan fingerprint density at radius 2 is 1.97 bits per heavy atom. The molecule has 1 aliphatic heterocycles. The molecular weight excluding hydrogens is 368 g/mol. The Hall–Kier alpha value is -2.83. The van der Waals surface area contributed by atoms with Crippen LogP contribution in [0.3, 0.4) is 0 Å². The number of amides is 2. The second kappa shape index (κ2) is 8.27. The van der Waals surface area contributed by atoms with E-state index in [1.807, 2.05) is 69.6 Å². The number of anilines is 1. The summed E-state index contributed by atoms with van der Waals surface area (Å²) >= 11 is 0. The Balaban J connectivity index is 1.66. The third-order valence-electron chi connectivity index (χ3n) is 4.81. The zero-order valence-corrected chi connectivity index (χ0v) is 17.9. The minimum atomic E-state index is -0.546. The van der Waals surface area contributed by atoms with Crippen molar-refractivity contribution >= 4 is 17.7 Å². The SMILES string of the molecule is Cc1cc(C)n(-c2cccc(NC(=O)[C@H]3CCCN(C(=O)OC(C)(C)C)C3)c2)n1. The molecule has 1 atom stereocenters. The standard InChI is InChI=1S/C22H30N4O3/c1-15-12-16(2)26(24-15)19-10-6-9-18(13-19)23-20(27)17-8-7-11-25(14-17)21(28)29-22(3,4)5/h6,9-10,12-13,17H,7-8,11,14H2,1-5H3,(H,23,27)/t17-/m0/s1. The van der Waals surface area contributed by atoms with E-state index in [2.05, 4.69) is 10.4 Å². The van der Waals surface area contributed by atoms with Crippen LogP contribution in [0, 0.1) is 19.8 Å². The second-order valence-electron chi connectivity index (χ2n) is 8.64. The van der Waals surface area contributed by atoms with Gasteiger partial charge in [-0.3, -0.25) is 4.79 Å². The molecule has 1 aromatic heterocycles. The maximum atomic E-state index is 12.8. The lowest BCUT2D eigenvalue weighted by Gasteiger charge is -2.33. The molecule has 0 aliphatic carbocycles. The summed E-state index contributed by atoms with van der Waals surface area (Å²) in [7, 11) is 0. The maximum absolute atomic E-state index is 12.8. The zero-order valence-electron chi connectivity index (χ0n) is 17.9. The summed E-state index contributed by atoms with van der Waals surface area (Å²) in [6.07, 6.45) is 1.17. The van der Waals surface area contributed by atoms with Gasteiger partial charge in [-0.25, -0.2) is 9.48 Å². The highest BCUT2D eigenvalue weighted by Gasteiger charge is 2.31. The predicted molar refractivity (Wildman–Crippen MR) is 112 cm³/mol. The van der Waals surface area contributed by atoms with E-state index in [0.717, 1.165) is 35.6 Å². The highest BCUT2D eigenvalue weighted by atomic mass is 16.6. The molecule has 1 aromatic carbocycles. The highest BCUT2D eigenvalue weighted by molar-refractivity contribution is 5.93. The molecule has 1 saturated heterocycles. The van der Waals surface area contributed by atoms with Crippen LogP contribution in [0.2, 0.25) is 0 Å². The van der Waals surface area contributed by atoms with Crippen molar-refractivity contribution in [2.45, 2.75) is 53.1 Å². The monoisotopic (exact) mass is 398 g/mol. The van der Waals surface area contributed by atoms with E-state index < -0.39 is 5.60 Å². The van der Waals surface area contributed by atoms with Gasteiger partial charge in [-0.1, -0.05) is 6.07 Å². The first-order valence-electron chi connectivity index (χ1n) is 10.0. The van der Waals surface area contributed by atoms with Crippen LogP contribution < -0.4 is 5.32 Å². The van der Waals surface area contributed by atoms with Crippen LogP contribution in [-0.4, -0.2) is 45.4 Å². The molecular formula is C22H30N4O3. The first kappa shape index (κ1) is 20.9. The number of hydrogen-bond donors (Lipinski definition) is 1. The lowest BCUT2D eigenvalue weighted by atomic mass is 9.97. The highest BCUT2D eigenvalue weighted by Crippen LogP contribution is 2.22. The van der Waals surface area contributed by atoms with Gasteiger partial charge in [0.05, 0.1) is 17.3 Å². The van der Waals surface area contributed by atoms with E-state index in [0.29, 0.717) is 13.1 Å². The molecule has 156 valence electrons. The van der Waals surface area contributed by atoms with Gasteiger partial charge in [0.15, 0.2) is 0 Å². The van der Waals surface area contributed by atoms with Gasteiger partial charge in [0, 0.05) is 24.5 Å². The molecule has 0 bridgehead atoms. The zero-order chi connectivity index (χ0) is 21.2. The number of nitrogens with one attached hydrogen (secondary N) is 1. The fraction of sp³-hybridized carbons (Fsp3) is 0.500. The fourth-order valence-electron chi connectivity index (χ4n) is 3.53. The first-order chi connectivity index (χ1) is 13.6. The number of nitrogens with zero attached hydrogens (tertiary/aromatic N) is 3. The quantitative estimate of drug-likeness (QED) is 0.845. The Kier molecular flexibility index (Phi) is 5.96. The van der Waals surface area contributed by atoms with Crippen LogP contribution >= 0.6 is 0 Å². The number of likely N-dealkylation sites (tertiary alicyclic amines) is 1. The van der Waals surface area contributed by atoms with Crippen molar-refractivity contribution in [1.82, 2.24) is 14.7 Å². The molecule has 7 nitrogen and oxygen atoms in total. The normalized spacial score (nSPS) is 17.1. The van der Waals surface area contributed by atoms with Crippen LogP contribution in [-0.2, 0) is 9.53 Å². The Morgan fingerprint density at radius 3 is 2.62 bits per heavy atom. The van der Waals surface area contributed by atoms with Crippen LogP contribution in [0.5, 0.6) is 0 Å². The predicted octanol–water partition coefficient (Wildman–Crippen LogP) is 4.07. The topological polar surface area (TPSA) is 76.5 Å². The van der Waals surface area contributed by atoms with Gasteiger partial charge in [-0.2, -0.15) is 5.10 Å². The van der Waals surface area contributed by atoms with Crippen molar-refractivity contribution in [3.05, 3.63) is 41.7 Å². The summed E-state index contributed by atoms with van der Waals surface area (Å²) in [4.78, 5) is 26.8. The van der Waals surface area contributed by atoms with Gasteiger partial charge in [-0.15, -0.1) is 0 Å². The van der Waals surface area contributed by atoms with Crippen molar-refractivity contribution in [3.8, 4) is 5.69 Å². The number of benzene rings is 1. The molecule has 1 N–H and O–H groups in total. The third kappa shape index (κ3) is 5.37. The summed E-state index contributed by atoms with van der Waals surface area (Å²) in [5.41, 5.74) is 3.05. The molecule has 3 rings (SSSR count). The van der Waals surface area contributed by atoms with Gasteiger partial charge in [-0.05, 0) is 71.7 Å². The maximum Gasteiger partial charge on any atom is 0.410 e. The van der Waals surface area contributed by atoms with E-state index in [1.54, 1.807) is 4.90 Å². The van der Waals surface area contributed by atoms with Crippen molar-refractivity contribution in [3.63, 3.8) is 0 Å². The lowest BCUT2D eigenvalue weighted by molar-refractivity contribution is -0.121. The smallest absolute Gasteiger partial charge is 0.410 e. The molecule has 2 aromatic rings. The molecule has 0 radical (unpaired) electrons. The molecule has 1 fully saturated rings. The summed E-state index contributed by atoms with van der Waals surface area (Å²) in [6, 6.07) is 9.64. The van der Waals surface area contributed by atoms with Crippen molar-refractivity contribution in [2.75, 3.05) is 18.4 Å². The molecule has 0 saturated carbocycles. The van der Waals surface area contributed by atoms with Crippen LogP contribution in [0.4, 0.5) is 10.5 Å². The number of hydrogen-bond acceptors (Lipinski definition) is 4. The van der Waals surface area contributed by atoms with Crippen molar-refractivity contribution < 1.29 is 14.3 Å². The molecule has 29 heavy (non-hydrogen) atoms. The van der Waals surface area contributed by atoms with Gasteiger partial charge >= 0.3 is 6.09 Å². The number of aromatic nitrogens is 2. The molecule has 0 spiro atoms. The lowest BCUT2D eigenvalue weighted by Crippen LogP contribution is -2.45. The van der Waals surface area contributed by atoms with E-state index in [4.69, 9.17) is 4.74 Å². The largest absolute Gasteiger partial charge is 0.444 e. The van der Waals surface area contributed by atoms with Crippen molar-refractivity contribution in [1.29, 1.82) is 0 Å². The molecule has 0 unspecified atom stereocenters. The minimum Gasteiger partial charge on any atom is -0.444 e. The number of ether oxygens (including phenoxy) is 1. The van der Waals surface area contributed by atoms with E-state index in [-0.39, 0.29) is 17.9 Å². The molecule has 2 heterocycles. The Labute approximate surface area is 172 Å². The van der Waals surface area contributed by atoms with E-state index >= 15 is 0 Å². The van der Waals surface area contributed by atoms with Crippen LogP contribution in [0.25, 0.3) is 5.69 Å². The van der Waals surface area contributed by atoms with E-state index in [9.17, 15) is 9.59 Å². The van der Waals surface area contributed by atoms with E-state index in [1.165, 1.54) is 0 Å².